The zero-order valence-electron chi connectivity index (χ0n) is 28.2. The summed E-state index contributed by atoms with van der Waals surface area (Å²) in [5.74, 6) is -2.48. The molecule has 1 aromatic heterocycles. The minimum absolute atomic E-state index is 0.0466. The average Bonchev–Trinajstić information content (AvgIpc) is 3.60. The highest BCUT2D eigenvalue weighted by molar-refractivity contribution is 5.85. The highest BCUT2D eigenvalue weighted by Crippen LogP contribution is 2.34. The number of nitrogens with one attached hydrogen (secondary N) is 3. The van der Waals surface area contributed by atoms with Gasteiger partial charge in [0.15, 0.2) is 5.96 Å². The van der Waals surface area contributed by atoms with E-state index in [4.69, 9.17) is 16.7 Å². The smallest absolute Gasteiger partial charge is 0.451 e. The first-order chi connectivity index (χ1) is 24.3. The molecule has 0 spiro atoms. The van der Waals surface area contributed by atoms with Crippen molar-refractivity contribution in [3.8, 4) is 6.07 Å². The first kappa shape index (κ1) is 38.5. The summed E-state index contributed by atoms with van der Waals surface area (Å²) in [6, 6.07) is 8.19. The third-order valence-electron chi connectivity index (χ3n) is 8.92. The van der Waals surface area contributed by atoms with Gasteiger partial charge in [-0.25, -0.2) is 19.6 Å². The molecule has 18 heteroatoms. The number of urea groups is 1. The number of benzene rings is 1. The highest BCUT2D eigenvalue weighted by Gasteiger charge is 2.39. The Hall–Kier alpha value is -5.34. The number of nitriles is 1. The monoisotopic (exact) mass is 715 g/mol. The second-order valence-electron chi connectivity index (χ2n) is 12.6. The molecule has 1 unspecified atom stereocenters. The highest BCUT2D eigenvalue weighted by atomic mass is 19.4. The van der Waals surface area contributed by atoms with Gasteiger partial charge in [-0.1, -0.05) is 12.1 Å². The zero-order valence-corrected chi connectivity index (χ0v) is 28.2. The van der Waals surface area contributed by atoms with Crippen molar-refractivity contribution in [2.24, 2.45) is 22.4 Å². The van der Waals surface area contributed by atoms with Crippen molar-refractivity contribution in [3.05, 3.63) is 47.3 Å². The number of aromatic nitrogens is 2. The topological polar surface area (TPSA) is 228 Å². The van der Waals surface area contributed by atoms with Crippen LogP contribution in [-0.2, 0) is 22.2 Å². The van der Waals surface area contributed by atoms with Gasteiger partial charge in [0, 0.05) is 45.3 Å². The van der Waals surface area contributed by atoms with Crippen molar-refractivity contribution < 1.29 is 32.7 Å². The van der Waals surface area contributed by atoms with Crippen molar-refractivity contribution >= 4 is 35.5 Å². The van der Waals surface area contributed by atoms with E-state index in [1.54, 1.807) is 21.9 Å². The molecule has 15 nitrogen and oxygen atoms in total. The summed E-state index contributed by atoms with van der Waals surface area (Å²) in [7, 11) is 0. The lowest BCUT2D eigenvalue weighted by Gasteiger charge is -2.34. The number of amides is 3. The maximum atomic E-state index is 14.0. The Morgan fingerprint density at radius 1 is 1.04 bits per heavy atom. The Labute approximate surface area is 293 Å². The SMILES string of the molecule is N#Cc1ccc(CCNC(=O)[C@@H]2CCCN2c2cc(N3CCC(CCNC(=O)NC(CCCN=C(N)N)C(=O)O)CC3)nc(C(F)(F)F)n2)cc1. The zero-order chi connectivity index (χ0) is 37.0. The Morgan fingerprint density at radius 2 is 1.75 bits per heavy atom. The van der Waals surface area contributed by atoms with Crippen LogP contribution in [0.3, 0.4) is 0 Å². The number of carboxylic acid groups (broad SMARTS) is 1. The number of carbonyl (C=O) groups excluding carboxylic acids is 2. The van der Waals surface area contributed by atoms with E-state index in [1.165, 1.54) is 6.07 Å². The van der Waals surface area contributed by atoms with E-state index in [0.717, 1.165) is 5.56 Å². The first-order valence-electron chi connectivity index (χ1n) is 16.9. The van der Waals surface area contributed by atoms with Crippen LogP contribution < -0.4 is 37.2 Å². The molecular formula is C33H44F3N11O4. The normalized spacial score (nSPS) is 16.9. The van der Waals surface area contributed by atoms with Crippen molar-refractivity contribution in [3.63, 3.8) is 0 Å². The molecule has 0 saturated carbocycles. The van der Waals surface area contributed by atoms with Gasteiger partial charge in [-0.2, -0.15) is 18.4 Å². The number of hydrogen-bond donors (Lipinski definition) is 6. The first-order valence-corrected chi connectivity index (χ1v) is 16.9. The van der Waals surface area contributed by atoms with Crippen molar-refractivity contribution in [1.29, 1.82) is 5.26 Å². The minimum Gasteiger partial charge on any atom is -0.480 e. The molecule has 0 radical (unpaired) electrons. The summed E-state index contributed by atoms with van der Waals surface area (Å²) in [5.41, 5.74) is 12.0. The predicted octanol–water partition coefficient (Wildman–Crippen LogP) is 2.11. The largest absolute Gasteiger partial charge is 0.480 e. The second-order valence-corrected chi connectivity index (χ2v) is 12.6. The number of aliphatic imine (C=N–C) groups is 1. The fraction of sp³-hybridized carbons (Fsp3) is 0.545. The van der Waals surface area contributed by atoms with Crippen LogP contribution in [0.2, 0.25) is 0 Å². The van der Waals surface area contributed by atoms with E-state index in [2.05, 4.69) is 37.0 Å². The fourth-order valence-electron chi connectivity index (χ4n) is 6.18. The van der Waals surface area contributed by atoms with Gasteiger partial charge in [-0.05, 0) is 75.0 Å². The summed E-state index contributed by atoms with van der Waals surface area (Å²) in [4.78, 5) is 51.9. The quantitative estimate of drug-likeness (QED) is 0.0889. The third-order valence-corrected chi connectivity index (χ3v) is 8.92. The molecule has 2 aromatic rings. The lowest BCUT2D eigenvalue weighted by Crippen LogP contribution is -2.46. The van der Waals surface area contributed by atoms with Crippen LogP contribution in [-0.4, -0.2) is 90.3 Å². The van der Waals surface area contributed by atoms with Gasteiger partial charge in [0.25, 0.3) is 0 Å². The molecule has 3 heterocycles. The van der Waals surface area contributed by atoms with Gasteiger partial charge >= 0.3 is 18.2 Å². The summed E-state index contributed by atoms with van der Waals surface area (Å²) in [5, 5.41) is 26.4. The number of rotatable bonds is 15. The van der Waals surface area contributed by atoms with Crippen LogP contribution in [0.5, 0.6) is 0 Å². The fourth-order valence-corrected chi connectivity index (χ4v) is 6.18. The molecule has 3 amide bonds. The number of nitrogens with zero attached hydrogens (tertiary/aromatic N) is 6. The average molecular weight is 716 g/mol. The van der Waals surface area contributed by atoms with Crippen molar-refractivity contribution in [1.82, 2.24) is 25.9 Å². The number of piperidine rings is 1. The standard InChI is InChI=1S/C33H44F3N11O4/c34-33(35,36)30-44-26(19-27(45-30)47-16-2-4-25(47)28(48)40-14-9-21-5-7-23(20-37)8-6-21)46-17-11-22(12-18-46)10-15-42-32(51)43-24(29(49)50)3-1-13-41-31(38)39/h5-8,19,22,24-25H,1-4,9-18H2,(H,40,48)(H,49,50)(H4,38,39,41)(H2,42,43,51)/t24?,25-/m0/s1. The number of carboxylic acids is 1. The van der Waals surface area contributed by atoms with Gasteiger partial charge in [0.1, 0.15) is 23.7 Å². The van der Waals surface area contributed by atoms with E-state index < -0.39 is 36.1 Å². The van der Waals surface area contributed by atoms with Gasteiger partial charge in [-0.3, -0.25) is 9.79 Å². The van der Waals surface area contributed by atoms with Crippen molar-refractivity contribution in [2.75, 3.05) is 49.1 Å². The van der Waals surface area contributed by atoms with E-state index in [1.807, 2.05) is 12.1 Å². The number of anilines is 2. The Kier molecular flexibility index (Phi) is 13.6. The lowest BCUT2D eigenvalue weighted by molar-refractivity contribution is -0.144. The molecule has 8 N–H and O–H groups in total. The van der Waals surface area contributed by atoms with Gasteiger partial charge in [0.2, 0.25) is 11.7 Å². The predicted molar refractivity (Wildman–Crippen MR) is 183 cm³/mol. The number of nitrogens with two attached hydrogens (primary N) is 2. The summed E-state index contributed by atoms with van der Waals surface area (Å²) in [6.45, 7) is 2.09. The summed E-state index contributed by atoms with van der Waals surface area (Å²) >= 11 is 0. The Morgan fingerprint density at radius 3 is 2.39 bits per heavy atom. The number of hydrogen-bond acceptors (Lipinski definition) is 9. The van der Waals surface area contributed by atoms with E-state index in [-0.39, 0.29) is 42.4 Å². The van der Waals surface area contributed by atoms with Crippen LogP contribution in [0.15, 0.2) is 35.3 Å². The third kappa shape index (κ3) is 11.6. The lowest BCUT2D eigenvalue weighted by atomic mass is 9.93. The molecule has 4 rings (SSSR count). The molecule has 276 valence electrons. The number of guanidine groups is 1. The van der Waals surface area contributed by atoms with Crippen LogP contribution in [0, 0.1) is 17.2 Å². The number of carbonyl (C=O) groups is 3. The number of halogens is 3. The minimum atomic E-state index is -4.79. The molecule has 1 aromatic carbocycles. The maximum Gasteiger partial charge on any atom is 0.451 e. The Balaban J connectivity index is 1.30. The summed E-state index contributed by atoms with van der Waals surface area (Å²) < 4.78 is 42.0. The van der Waals surface area contributed by atoms with E-state index >= 15 is 0 Å². The number of aliphatic carboxylic acids is 1. The van der Waals surface area contributed by atoms with E-state index in [9.17, 15) is 32.7 Å². The molecule has 2 aliphatic rings. The van der Waals surface area contributed by atoms with Crippen LogP contribution >= 0.6 is 0 Å². The Bertz CT molecular complexity index is 1570. The molecule has 2 aliphatic heterocycles. The molecule has 51 heavy (non-hydrogen) atoms. The molecule has 2 saturated heterocycles. The van der Waals surface area contributed by atoms with Gasteiger partial charge in [-0.15, -0.1) is 0 Å². The molecule has 2 atom stereocenters. The van der Waals surface area contributed by atoms with Crippen LogP contribution in [0.1, 0.15) is 61.9 Å². The summed E-state index contributed by atoms with van der Waals surface area (Å²) in [6.07, 6.45) is -0.789. The van der Waals surface area contributed by atoms with Crippen molar-refractivity contribution in [2.45, 2.75) is 69.6 Å². The van der Waals surface area contributed by atoms with Crippen LogP contribution in [0.4, 0.5) is 29.6 Å². The molecular weight excluding hydrogens is 671 g/mol. The molecule has 0 aliphatic carbocycles. The maximum absolute atomic E-state index is 14.0. The molecule has 0 bridgehead atoms. The van der Waals surface area contributed by atoms with Gasteiger partial charge in [0.05, 0.1) is 11.6 Å². The van der Waals surface area contributed by atoms with E-state index in [0.29, 0.717) is 83.2 Å². The number of alkyl halides is 3. The van der Waals surface area contributed by atoms with Gasteiger partial charge < -0.3 is 42.3 Å². The molecule has 2 fully saturated rings. The van der Waals surface area contributed by atoms with Crippen LogP contribution in [0.25, 0.3) is 0 Å². The second kappa shape index (κ2) is 18.1.